The molecule has 5 rings (SSSR count). The van der Waals surface area contributed by atoms with Crippen LogP contribution in [0.2, 0.25) is 0 Å². The second kappa shape index (κ2) is 9.61. The highest BCUT2D eigenvalue weighted by Gasteiger charge is 2.07. The Balaban J connectivity index is 1.29. The van der Waals surface area contributed by atoms with Crippen molar-refractivity contribution < 1.29 is 19.7 Å². The first kappa shape index (κ1) is 22.0. The SMILES string of the molecule is Cc1cc(Oc2ccc(-c3ccc(O)cc3)cc2)nc(Oc2ccc(-c3ccc(O)cc3)cc2)c1. The molecule has 172 valence electrons. The Kier molecular flexibility index (Phi) is 6.05. The molecule has 5 aromatic rings. The maximum atomic E-state index is 9.47. The molecule has 0 radical (unpaired) electrons. The second-order valence-corrected chi connectivity index (χ2v) is 8.17. The van der Waals surface area contributed by atoms with Crippen molar-refractivity contribution in [1.29, 1.82) is 0 Å². The molecule has 1 heterocycles. The zero-order chi connectivity index (χ0) is 24.2. The molecule has 2 N–H and O–H groups in total. The maximum absolute atomic E-state index is 9.47. The lowest BCUT2D eigenvalue weighted by Crippen LogP contribution is -1.93. The second-order valence-electron chi connectivity index (χ2n) is 8.17. The van der Waals surface area contributed by atoms with Crippen LogP contribution in [0.4, 0.5) is 0 Å². The molecule has 1 aromatic heterocycles. The Bertz CT molecular complexity index is 1320. The summed E-state index contributed by atoms with van der Waals surface area (Å²) < 4.78 is 12.0. The lowest BCUT2D eigenvalue weighted by Gasteiger charge is -2.11. The topological polar surface area (TPSA) is 71.8 Å². The van der Waals surface area contributed by atoms with Gasteiger partial charge in [-0.05, 0) is 83.3 Å². The molecule has 0 aliphatic rings. The molecule has 35 heavy (non-hydrogen) atoms. The van der Waals surface area contributed by atoms with Crippen molar-refractivity contribution in [3.8, 4) is 57.0 Å². The van der Waals surface area contributed by atoms with Gasteiger partial charge in [-0.1, -0.05) is 48.5 Å². The zero-order valence-electron chi connectivity index (χ0n) is 19.1. The number of ether oxygens (including phenoxy) is 2. The number of hydrogen-bond acceptors (Lipinski definition) is 5. The molecule has 0 saturated carbocycles. The van der Waals surface area contributed by atoms with Gasteiger partial charge in [0.05, 0.1) is 0 Å². The largest absolute Gasteiger partial charge is 0.508 e. The van der Waals surface area contributed by atoms with E-state index in [0.717, 1.165) is 27.8 Å². The van der Waals surface area contributed by atoms with Crippen LogP contribution in [0.25, 0.3) is 22.3 Å². The average Bonchev–Trinajstić information content (AvgIpc) is 2.86. The minimum absolute atomic E-state index is 0.241. The molecule has 5 nitrogen and oxygen atoms in total. The molecule has 0 bridgehead atoms. The summed E-state index contributed by atoms with van der Waals surface area (Å²) in [7, 11) is 0. The van der Waals surface area contributed by atoms with E-state index >= 15 is 0 Å². The number of pyridine rings is 1. The number of aromatic nitrogens is 1. The van der Waals surface area contributed by atoms with E-state index in [9.17, 15) is 10.2 Å². The average molecular weight is 462 g/mol. The maximum Gasteiger partial charge on any atom is 0.222 e. The Morgan fingerprint density at radius 2 is 0.800 bits per heavy atom. The minimum Gasteiger partial charge on any atom is -0.508 e. The van der Waals surface area contributed by atoms with E-state index in [4.69, 9.17) is 9.47 Å². The number of phenolic OH excluding ortho intramolecular Hbond substituents is 2. The standard InChI is InChI=1S/C30H23NO4/c1-20-18-29(34-27-14-6-23(7-15-27)21-2-10-25(32)11-3-21)31-30(19-20)35-28-16-8-24(9-17-28)22-4-12-26(33)13-5-22/h2-19,32-33H,1H3. The molecule has 0 aliphatic heterocycles. The van der Waals surface area contributed by atoms with Crippen LogP contribution in [-0.2, 0) is 0 Å². The Morgan fingerprint density at radius 3 is 1.14 bits per heavy atom. The third-order valence-electron chi connectivity index (χ3n) is 5.48. The molecule has 0 spiro atoms. The molecular formula is C30H23NO4. The van der Waals surface area contributed by atoms with Crippen LogP contribution in [0.3, 0.4) is 0 Å². The van der Waals surface area contributed by atoms with E-state index in [2.05, 4.69) is 4.98 Å². The molecule has 4 aromatic carbocycles. The predicted molar refractivity (Wildman–Crippen MR) is 136 cm³/mol. The van der Waals surface area contributed by atoms with Gasteiger partial charge in [0.15, 0.2) is 0 Å². The van der Waals surface area contributed by atoms with Gasteiger partial charge in [-0.3, -0.25) is 0 Å². The van der Waals surface area contributed by atoms with E-state index < -0.39 is 0 Å². The summed E-state index contributed by atoms with van der Waals surface area (Å²) in [5.41, 5.74) is 5.03. The summed E-state index contributed by atoms with van der Waals surface area (Å²) in [6, 6.07) is 33.2. The summed E-state index contributed by atoms with van der Waals surface area (Å²) in [6.07, 6.45) is 0. The van der Waals surface area contributed by atoms with Crippen LogP contribution in [0, 0.1) is 6.92 Å². The quantitative estimate of drug-likeness (QED) is 0.271. The Hall–Kier alpha value is -4.77. The van der Waals surface area contributed by atoms with E-state index in [0.29, 0.717) is 23.3 Å². The van der Waals surface area contributed by atoms with Gasteiger partial charge in [0.1, 0.15) is 23.0 Å². The summed E-state index contributed by atoms with van der Waals surface area (Å²) in [5.74, 6) is 2.69. The number of aryl methyl sites for hydroxylation is 1. The number of benzene rings is 4. The molecule has 0 aliphatic carbocycles. The Labute approximate surface area is 203 Å². The number of rotatable bonds is 6. The molecule has 0 unspecified atom stereocenters. The van der Waals surface area contributed by atoms with Crippen molar-refractivity contribution >= 4 is 0 Å². The fourth-order valence-electron chi connectivity index (χ4n) is 3.69. The predicted octanol–water partition coefficient (Wildman–Crippen LogP) is 7.72. The van der Waals surface area contributed by atoms with Gasteiger partial charge < -0.3 is 19.7 Å². The smallest absolute Gasteiger partial charge is 0.222 e. The number of nitrogens with zero attached hydrogens (tertiary/aromatic N) is 1. The van der Waals surface area contributed by atoms with E-state index in [1.54, 1.807) is 24.3 Å². The van der Waals surface area contributed by atoms with Crippen LogP contribution in [-0.4, -0.2) is 15.2 Å². The van der Waals surface area contributed by atoms with Gasteiger partial charge in [0.2, 0.25) is 11.8 Å². The summed E-state index contributed by atoms with van der Waals surface area (Å²) >= 11 is 0. The van der Waals surface area contributed by atoms with Gasteiger partial charge in [-0.2, -0.15) is 4.98 Å². The van der Waals surface area contributed by atoms with Crippen molar-refractivity contribution in [3.05, 3.63) is 115 Å². The highest BCUT2D eigenvalue weighted by atomic mass is 16.5. The van der Waals surface area contributed by atoms with E-state index in [1.165, 1.54) is 0 Å². The molecule has 0 amide bonds. The highest BCUT2D eigenvalue weighted by Crippen LogP contribution is 2.30. The molecule has 5 heteroatoms. The van der Waals surface area contributed by atoms with Gasteiger partial charge in [-0.15, -0.1) is 0 Å². The first-order chi connectivity index (χ1) is 17.0. The lowest BCUT2D eigenvalue weighted by molar-refractivity contribution is 0.425. The number of phenols is 2. The van der Waals surface area contributed by atoms with Crippen LogP contribution >= 0.6 is 0 Å². The summed E-state index contributed by atoms with van der Waals surface area (Å²) in [4.78, 5) is 4.50. The minimum atomic E-state index is 0.241. The van der Waals surface area contributed by atoms with Crippen molar-refractivity contribution in [1.82, 2.24) is 4.98 Å². The fourth-order valence-corrected chi connectivity index (χ4v) is 3.69. The van der Waals surface area contributed by atoms with E-state index in [-0.39, 0.29) is 11.5 Å². The monoisotopic (exact) mass is 461 g/mol. The van der Waals surface area contributed by atoms with Gasteiger partial charge >= 0.3 is 0 Å². The van der Waals surface area contributed by atoms with Crippen LogP contribution in [0.5, 0.6) is 34.8 Å². The fraction of sp³-hybridized carbons (Fsp3) is 0.0333. The Morgan fingerprint density at radius 1 is 0.486 bits per heavy atom. The molecular weight excluding hydrogens is 438 g/mol. The van der Waals surface area contributed by atoms with Gasteiger partial charge in [0.25, 0.3) is 0 Å². The van der Waals surface area contributed by atoms with Crippen molar-refractivity contribution in [3.63, 3.8) is 0 Å². The lowest BCUT2D eigenvalue weighted by atomic mass is 10.1. The summed E-state index contributed by atoms with van der Waals surface area (Å²) in [5, 5.41) is 18.9. The number of aromatic hydroxyl groups is 2. The summed E-state index contributed by atoms with van der Waals surface area (Å²) in [6.45, 7) is 1.96. The third-order valence-corrected chi connectivity index (χ3v) is 5.48. The molecule has 0 fully saturated rings. The first-order valence-corrected chi connectivity index (χ1v) is 11.2. The highest BCUT2D eigenvalue weighted by molar-refractivity contribution is 5.66. The van der Waals surface area contributed by atoms with Gasteiger partial charge in [0, 0.05) is 12.1 Å². The molecule has 0 atom stereocenters. The third kappa shape index (κ3) is 5.42. The van der Waals surface area contributed by atoms with E-state index in [1.807, 2.05) is 91.9 Å². The number of hydrogen-bond donors (Lipinski definition) is 2. The van der Waals surface area contributed by atoms with Crippen LogP contribution < -0.4 is 9.47 Å². The van der Waals surface area contributed by atoms with Crippen LogP contribution in [0.1, 0.15) is 5.56 Å². The van der Waals surface area contributed by atoms with Gasteiger partial charge in [-0.25, -0.2) is 0 Å². The molecule has 0 saturated heterocycles. The first-order valence-electron chi connectivity index (χ1n) is 11.2. The van der Waals surface area contributed by atoms with Crippen molar-refractivity contribution in [2.45, 2.75) is 6.92 Å². The van der Waals surface area contributed by atoms with Crippen molar-refractivity contribution in [2.24, 2.45) is 0 Å². The zero-order valence-corrected chi connectivity index (χ0v) is 19.1. The van der Waals surface area contributed by atoms with Crippen molar-refractivity contribution in [2.75, 3.05) is 0 Å². The van der Waals surface area contributed by atoms with Crippen LogP contribution in [0.15, 0.2) is 109 Å². The normalized spacial score (nSPS) is 10.7.